The number of nitrogens with one attached hydrogen (secondary N) is 2. The van der Waals surface area contributed by atoms with Gasteiger partial charge in [0.1, 0.15) is 22.6 Å². The molecule has 0 radical (unpaired) electrons. The maximum absolute atomic E-state index is 4.27. The van der Waals surface area contributed by atoms with Gasteiger partial charge in [0.15, 0.2) is 0 Å². The molecule has 6 heteroatoms. The molecule has 2 aromatic heterocycles. The van der Waals surface area contributed by atoms with Crippen LogP contribution in [0.3, 0.4) is 0 Å². The van der Waals surface area contributed by atoms with E-state index in [0.717, 1.165) is 16.2 Å². The number of halogens is 1. The number of nitrogens with zero attached hydrogens (tertiary/aromatic N) is 3. The molecule has 0 fully saturated rings. The van der Waals surface area contributed by atoms with E-state index >= 15 is 0 Å². The summed E-state index contributed by atoms with van der Waals surface area (Å²) in [5, 5.41) is 9.82. The average Bonchev–Trinajstić information content (AvgIpc) is 2.70. The van der Waals surface area contributed by atoms with E-state index in [1.807, 2.05) is 25.1 Å². The van der Waals surface area contributed by atoms with Gasteiger partial charge in [-0.25, -0.2) is 9.97 Å². The molecule has 15 heavy (non-hydrogen) atoms. The highest BCUT2D eigenvalue weighted by molar-refractivity contribution is 9.10. The molecule has 2 rings (SSSR count). The van der Waals surface area contributed by atoms with E-state index in [1.54, 1.807) is 0 Å². The molecule has 2 aromatic rings. The van der Waals surface area contributed by atoms with Crippen LogP contribution in [0.4, 0.5) is 5.82 Å². The van der Waals surface area contributed by atoms with Crippen molar-refractivity contribution in [1.29, 1.82) is 0 Å². The molecule has 0 amide bonds. The quantitative estimate of drug-likeness (QED) is 0.837. The van der Waals surface area contributed by atoms with Gasteiger partial charge >= 0.3 is 0 Å². The summed E-state index contributed by atoms with van der Waals surface area (Å²) in [5.74, 6) is 1.59. The van der Waals surface area contributed by atoms with E-state index < -0.39 is 0 Å². The van der Waals surface area contributed by atoms with Crippen molar-refractivity contribution in [2.24, 2.45) is 0 Å². The molecular formula is C9H10BrN5. The molecule has 5 nitrogen and oxygen atoms in total. The number of rotatable bonds is 3. The zero-order valence-electron chi connectivity index (χ0n) is 8.11. The van der Waals surface area contributed by atoms with Crippen molar-refractivity contribution < 1.29 is 0 Å². The molecule has 1 unspecified atom stereocenters. The number of aromatic nitrogens is 4. The van der Waals surface area contributed by atoms with Crippen LogP contribution in [-0.4, -0.2) is 20.2 Å². The van der Waals surface area contributed by atoms with Gasteiger partial charge in [-0.2, -0.15) is 5.10 Å². The van der Waals surface area contributed by atoms with E-state index in [1.165, 1.54) is 6.33 Å². The Kier molecular flexibility index (Phi) is 2.96. The molecule has 2 N–H and O–H groups in total. The smallest absolute Gasteiger partial charge is 0.146 e. The van der Waals surface area contributed by atoms with Crippen molar-refractivity contribution in [2.75, 3.05) is 5.32 Å². The maximum Gasteiger partial charge on any atom is 0.146 e. The summed E-state index contributed by atoms with van der Waals surface area (Å²) in [6, 6.07) is 5.75. The number of aromatic amines is 1. The van der Waals surface area contributed by atoms with Crippen molar-refractivity contribution >= 4 is 21.7 Å². The van der Waals surface area contributed by atoms with Crippen molar-refractivity contribution in [2.45, 2.75) is 13.0 Å². The summed E-state index contributed by atoms with van der Waals surface area (Å²) in [7, 11) is 0. The van der Waals surface area contributed by atoms with E-state index in [2.05, 4.69) is 41.4 Å². The lowest BCUT2D eigenvalue weighted by Crippen LogP contribution is -2.09. The van der Waals surface area contributed by atoms with Crippen LogP contribution in [-0.2, 0) is 0 Å². The second-order valence-corrected chi connectivity index (χ2v) is 3.89. The lowest BCUT2D eigenvalue weighted by Gasteiger charge is -2.11. The van der Waals surface area contributed by atoms with Crippen molar-refractivity contribution in [3.8, 4) is 0 Å². The first kappa shape index (κ1) is 10.1. The monoisotopic (exact) mass is 267 g/mol. The molecule has 0 saturated carbocycles. The van der Waals surface area contributed by atoms with Gasteiger partial charge in [0.05, 0.1) is 6.04 Å². The standard InChI is InChI=1S/C9H10BrN5/c1-6(9-11-5-12-15-9)13-8-4-2-3-7(10)14-8/h2-6H,1H3,(H,13,14)(H,11,12,15). The highest BCUT2D eigenvalue weighted by atomic mass is 79.9. The Morgan fingerprint density at radius 1 is 1.47 bits per heavy atom. The van der Waals surface area contributed by atoms with E-state index in [4.69, 9.17) is 0 Å². The van der Waals surface area contributed by atoms with Crippen molar-refractivity contribution in [3.05, 3.63) is 35.0 Å². The van der Waals surface area contributed by atoms with Crippen LogP contribution < -0.4 is 5.32 Å². The van der Waals surface area contributed by atoms with Crippen LogP contribution in [0, 0.1) is 0 Å². The van der Waals surface area contributed by atoms with Gasteiger partial charge in [0, 0.05) is 0 Å². The van der Waals surface area contributed by atoms with Crippen LogP contribution in [0.5, 0.6) is 0 Å². The third kappa shape index (κ3) is 2.53. The van der Waals surface area contributed by atoms with E-state index in [-0.39, 0.29) is 6.04 Å². The molecular weight excluding hydrogens is 258 g/mol. The predicted octanol–water partition coefficient (Wildman–Crippen LogP) is 2.14. The van der Waals surface area contributed by atoms with E-state index in [0.29, 0.717) is 0 Å². The van der Waals surface area contributed by atoms with Gasteiger partial charge in [-0.15, -0.1) is 0 Å². The van der Waals surface area contributed by atoms with Crippen LogP contribution in [0.15, 0.2) is 29.1 Å². The van der Waals surface area contributed by atoms with Crippen LogP contribution >= 0.6 is 15.9 Å². The third-order valence-electron chi connectivity index (χ3n) is 1.92. The number of hydrogen-bond donors (Lipinski definition) is 2. The Bertz CT molecular complexity index is 428. The van der Waals surface area contributed by atoms with Gasteiger partial charge in [-0.05, 0) is 35.0 Å². The molecule has 0 aromatic carbocycles. The molecule has 0 saturated heterocycles. The molecule has 0 spiro atoms. The first-order chi connectivity index (χ1) is 7.25. The number of anilines is 1. The Morgan fingerprint density at radius 2 is 2.33 bits per heavy atom. The van der Waals surface area contributed by atoms with Crippen molar-refractivity contribution in [1.82, 2.24) is 20.2 Å². The van der Waals surface area contributed by atoms with Crippen LogP contribution in [0.25, 0.3) is 0 Å². The molecule has 1 atom stereocenters. The Morgan fingerprint density at radius 3 is 3.00 bits per heavy atom. The summed E-state index contributed by atoms with van der Waals surface area (Å²) in [5.41, 5.74) is 0. The summed E-state index contributed by atoms with van der Waals surface area (Å²) in [6.07, 6.45) is 1.49. The average molecular weight is 268 g/mol. The second kappa shape index (κ2) is 4.39. The minimum atomic E-state index is 0.0503. The normalized spacial score (nSPS) is 12.4. The van der Waals surface area contributed by atoms with Gasteiger partial charge in [0.25, 0.3) is 0 Å². The molecule has 0 bridgehead atoms. The summed E-state index contributed by atoms with van der Waals surface area (Å²) < 4.78 is 0.803. The minimum Gasteiger partial charge on any atom is -0.360 e. The Hall–Kier alpha value is -1.43. The predicted molar refractivity (Wildman–Crippen MR) is 60.4 cm³/mol. The molecule has 78 valence electrons. The minimum absolute atomic E-state index is 0.0503. The second-order valence-electron chi connectivity index (χ2n) is 3.08. The lowest BCUT2D eigenvalue weighted by molar-refractivity contribution is 0.790. The van der Waals surface area contributed by atoms with Crippen LogP contribution in [0.1, 0.15) is 18.8 Å². The third-order valence-corrected chi connectivity index (χ3v) is 2.36. The first-order valence-electron chi connectivity index (χ1n) is 4.50. The van der Waals surface area contributed by atoms with Crippen molar-refractivity contribution in [3.63, 3.8) is 0 Å². The zero-order chi connectivity index (χ0) is 10.7. The largest absolute Gasteiger partial charge is 0.360 e. The first-order valence-corrected chi connectivity index (χ1v) is 5.29. The highest BCUT2D eigenvalue weighted by Gasteiger charge is 2.08. The number of pyridine rings is 1. The topological polar surface area (TPSA) is 66.5 Å². The van der Waals surface area contributed by atoms with Gasteiger partial charge in [-0.3, -0.25) is 5.10 Å². The molecule has 0 aliphatic carbocycles. The molecule has 0 aliphatic heterocycles. The highest BCUT2D eigenvalue weighted by Crippen LogP contribution is 2.15. The molecule has 2 heterocycles. The number of H-pyrrole nitrogens is 1. The fraction of sp³-hybridized carbons (Fsp3) is 0.222. The van der Waals surface area contributed by atoms with Gasteiger partial charge < -0.3 is 5.32 Å². The van der Waals surface area contributed by atoms with Gasteiger partial charge in [-0.1, -0.05) is 6.07 Å². The fourth-order valence-electron chi connectivity index (χ4n) is 1.20. The molecule has 0 aliphatic rings. The fourth-order valence-corrected chi connectivity index (χ4v) is 1.55. The zero-order valence-corrected chi connectivity index (χ0v) is 9.69. The SMILES string of the molecule is CC(Nc1cccc(Br)n1)c1ncn[nH]1. The summed E-state index contributed by atoms with van der Waals surface area (Å²) >= 11 is 3.31. The Balaban J connectivity index is 2.09. The van der Waals surface area contributed by atoms with Crippen LogP contribution in [0.2, 0.25) is 0 Å². The Labute approximate surface area is 95.5 Å². The summed E-state index contributed by atoms with van der Waals surface area (Å²) in [6.45, 7) is 1.99. The lowest BCUT2D eigenvalue weighted by atomic mass is 10.3. The number of hydrogen-bond acceptors (Lipinski definition) is 4. The summed E-state index contributed by atoms with van der Waals surface area (Å²) in [4.78, 5) is 8.33. The van der Waals surface area contributed by atoms with Gasteiger partial charge in [0.2, 0.25) is 0 Å². The van der Waals surface area contributed by atoms with E-state index in [9.17, 15) is 0 Å². The maximum atomic E-state index is 4.27.